The number of alkyl halides is 1. The van der Waals surface area contributed by atoms with Gasteiger partial charge in [0.2, 0.25) is 0 Å². The van der Waals surface area contributed by atoms with Gasteiger partial charge in [0.1, 0.15) is 5.67 Å². The van der Waals surface area contributed by atoms with Crippen molar-refractivity contribution in [3.05, 3.63) is 0 Å². The van der Waals surface area contributed by atoms with Crippen LogP contribution in [0, 0.1) is 5.41 Å². The van der Waals surface area contributed by atoms with E-state index in [-0.39, 0.29) is 24.8 Å². The Morgan fingerprint density at radius 1 is 1.56 bits per heavy atom. The third-order valence-electron chi connectivity index (χ3n) is 3.26. The van der Waals surface area contributed by atoms with E-state index >= 15 is 0 Å². The van der Waals surface area contributed by atoms with Crippen molar-refractivity contribution >= 4 is 6.09 Å². The smallest absolute Gasteiger partial charge is 0.407 e. The van der Waals surface area contributed by atoms with Gasteiger partial charge >= 0.3 is 6.09 Å². The van der Waals surface area contributed by atoms with Crippen LogP contribution in [0.15, 0.2) is 0 Å². The highest BCUT2D eigenvalue weighted by Crippen LogP contribution is 2.38. The van der Waals surface area contributed by atoms with Gasteiger partial charge in [0, 0.05) is 25.4 Å². The Hall–Kier alpha value is -0.840. The summed E-state index contributed by atoms with van der Waals surface area (Å²) in [5.41, 5.74) is -1.96. The fourth-order valence-electron chi connectivity index (χ4n) is 2.18. The minimum absolute atomic E-state index is 0.0688. The van der Waals surface area contributed by atoms with Gasteiger partial charge in [0.25, 0.3) is 0 Å². The summed E-state index contributed by atoms with van der Waals surface area (Å²) in [6.45, 7) is 5.27. The van der Waals surface area contributed by atoms with Crippen molar-refractivity contribution in [1.82, 2.24) is 4.90 Å². The summed E-state index contributed by atoms with van der Waals surface area (Å²) in [6.07, 6.45) is -0.873. The number of likely N-dealkylation sites (tertiary alicyclic amines) is 1. The highest BCUT2D eigenvalue weighted by Gasteiger charge is 2.45. The minimum atomic E-state index is -1.64. The molecule has 0 aromatic carbocycles. The van der Waals surface area contributed by atoms with Crippen LogP contribution in [0.2, 0.25) is 0 Å². The standard InChI is InChI=1S/C11H20FNO3/c1-10(2,3)8-6-11(12,7-14)4-5-13(8)9(15)16/h8,14H,4-7H2,1-3H3,(H,15,16). The van der Waals surface area contributed by atoms with E-state index in [1.165, 1.54) is 4.90 Å². The molecule has 0 aliphatic carbocycles. The summed E-state index contributed by atoms with van der Waals surface area (Å²) in [7, 11) is 0. The van der Waals surface area contributed by atoms with Crippen LogP contribution in [0.25, 0.3) is 0 Å². The highest BCUT2D eigenvalue weighted by atomic mass is 19.1. The molecular formula is C11H20FNO3. The number of piperidine rings is 1. The second-order valence-electron chi connectivity index (χ2n) is 5.62. The zero-order valence-corrected chi connectivity index (χ0v) is 10.0. The van der Waals surface area contributed by atoms with Crippen LogP contribution in [0.3, 0.4) is 0 Å². The topological polar surface area (TPSA) is 60.8 Å². The Morgan fingerprint density at radius 3 is 2.50 bits per heavy atom. The first-order valence-electron chi connectivity index (χ1n) is 5.49. The molecule has 16 heavy (non-hydrogen) atoms. The molecule has 0 radical (unpaired) electrons. The van der Waals surface area contributed by atoms with E-state index in [9.17, 15) is 9.18 Å². The van der Waals surface area contributed by atoms with Crippen LogP contribution in [0.5, 0.6) is 0 Å². The van der Waals surface area contributed by atoms with Gasteiger partial charge in [-0.3, -0.25) is 0 Å². The highest BCUT2D eigenvalue weighted by molar-refractivity contribution is 5.65. The van der Waals surface area contributed by atoms with Crippen LogP contribution in [-0.2, 0) is 0 Å². The summed E-state index contributed by atoms with van der Waals surface area (Å²) in [5.74, 6) is 0. The van der Waals surface area contributed by atoms with Crippen molar-refractivity contribution in [2.75, 3.05) is 13.2 Å². The number of carboxylic acid groups (broad SMARTS) is 1. The van der Waals surface area contributed by atoms with Gasteiger partial charge in [-0.1, -0.05) is 20.8 Å². The lowest BCUT2D eigenvalue weighted by Gasteiger charge is -2.46. The number of aliphatic hydroxyl groups excluding tert-OH is 1. The Kier molecular flexibility index (Phi) is 3.47. The molecule has 2 atom stereocenters. The molecular weight excluding hydrogens is 213 g/mol. The maximum Gasteiger partial charge on any atom is 0.407 e. The molecule has 1 aliphatic rings. The monoisotopic (exact) mass is 233 g/mol. The average Bonchev–Trinajstić information content (AvgIpc) is 2.16. The molecule has 0 spiro atoms. The molecule has 2 unspecified atom stereocenters. The quantitative estimate of drug-likeness (QED) is 0.727. The summed E-state index contributed by atoms with van der Waals surface area (Å²) in [5, 5.41) is 18.1. The zero-order valence-electron chi connectivity index (χ0n) is 10.0. The summed E-state index contributed by atoms with van der Waals surface area (Å²) < 4.78 is 14.0. The Labute approximate surface area is 95.1 Å². The predicted octanol–water partition coefficient (Wildman–Crippen LogP) is 1.88. The van der Waals surface area contributed by atoms with Crippen molar-refractivity contribution in [1.29, 1.82) is 0 Å². The molecule has 2 N–H and O–H groups in total. The molecule has 5 heteroatoms. The minimum Gasteiger partial charge on any atom is -0.465 e. The van der Waals surface area contributed by atoms with E-state index in [0.29, 0.717) is 0 Å². The number of amides is 1. The van der Waals surface area contributed by atoms with Crippen LogP contribution >= 0.6 is 0 Å². The van der Waals surface area contributed by atoms with Crippen LogP contribution in [0.4, 0.5) is 9.18 Å². The molecule has 1 saturated heterocycles. The van der Waals surface area contributed by atoms with Gasteiger partial charge in [0.15, 0.2) is 0 Å². The molecule has 4 nitrogen and oxygen atoms in total. The maximum absolute atomic E-state index is 14.0. The third-order valence-corrected chi connectivity index (χ3v) is 3.26. The number of aliphatic hydroxyl groups is 1. The second-order valence-corrected chi connectivity index (χ2v) is 5.62. The summed E-state index contributed by atoms with van der Waals surface area (Å²) >= 11 is 0. The summed E-state index contributed by atoms with van der Waals surface area (Å²) in [6, 6.07) is -0.393. The molecule has 1 amide bonds. The maximum atomic E-state index is 14.0. The van der Waals surface area contributed by atoms with Crippen LogP contribution in [0.1, 0.15) is 33.6 Å². The van der Waals surface area contributed by atoms with Crippen molar-refractivity contribution in [3.63, 3.8) is 0 Å². The Balaban J connectivity index is 2.90. The Bertz CT molecular complexity index is 277. The second kappa shape index (κ2) is 4.20. The van der Waals surface area contributed by atoms with Crippen molar-refractivity contribution in [3.8, 4) is 0 Å². The molecule has 1 heterocycles. The first-order valence-corrected chi connectivity index (χ1v) is 5.49. The molecule has 0 saturated carbocycles. The first kappa shape index (κ1) is 13.2. The summed E-state index contributed by atoms with van der Waals surface area (Å²) in [4.78, 5) is 12.3. The predicted molar refractivity (Wildman–Crippen MR) is 58.1 cm³/mol. The van der Waals surface area contributed by atoms with Gasteiger partial charge in [-0.25, -0.2) is 9.18 Å². The molecule has 1 fully saturated rings. The number of hydrogen-bond donors (Lipinski definition) is 2. The lowest BCUT2D eigenvalue weighted by atomic mass is 9.76. The van der Waals surface area contributed by atoms with Gasteiger partial charge in [0.05, 0.1) is 6.61 Å². The average molecular weight is 233 g/mol. The van der Waals surface area contributed by atoms with E-state index in [2.05, 4.69) is 0 Å². The fourth-order valence-corrected chi connectivity index (χ4v) is 2.18. The number of nitrogens with zero attached hydrogens (tertiary/aromatic N) is 1. The first-order chi connectivity index (χ1) is 7.19. The number of hydrogen-bond acceptors (Lipinski definition) is 2. The molecule has 0 aromatic heterocycles. The largest absolute Gasteiger partial charge is 0.465 e. The van der Waals surface area contributed by atoms with E-state index in [1.54, 1.807) is 0 Å². The van der Waals surface area contributed by atoms with Crippen molar-refractivity contribution in [2.24, 2.45) is 5.41 Å². The van der Waals surface area contributed by atoms with Gasteiger partial charge in [-0.05, 0) is 5.41 Å². The lowest BCUT2D eigenvalue weighted by Crippen LogP contribution is -2.56. The van der Waals surface area contributed by atoms with E-state index in [1.807, 2.05) is 20.8 Å². The van der Waals surface area contributed by atoms with Gasteiger partial charge in [-0.15, -0.1) is 0 Å². The number of carbonyl (C=O) groups is 1. The molecule has 94 valence electrons. The SMILES string of the molecule is CC(C)(C)C1CC(F)(CO)CCN1C(=O)O. The van der Waals surface area contributed by atoms with E-state index < -0.39 is 24.4 Å². The molecule has 0 aromatic rings. The fraction of sp³-hybridized carbons (Fsp3) is 0.909. The molecule has 0 bridgehead atoms. The lowest BCUT2D eigenvalue weighted by molar-refractivity contribution is -0.0408. The van der Waals surface area contributed by atoms with Crippen molar-refractivity contribution < 1.29 is 19.4 Å². The van der Waals surface area contributed by atoms with Gasteiger partial charge in [-0.2, -0.15) is 0 Å². The number of rotatable bonds is 1. The molecule has 1 aliphatic heterocycles. The number of halogens is 1. The zero-order chi connectivity index (χ0) is 12.6. The van der Waals surface area contributed by atoms with Crippen LogP contribution < -0.4 is 0 Å². The Morgan fingerprint density at radius 2 is 2.12 bits per heavy atom. The van der Waals surface area contributed by atoms with Crippen molar-refractivity contribution in [2.45, 2.75) is 45.3 Å². The molecule has 1 rings (SSSR count). The normalized spacial score (nSPS) is 31.6. The third kappa shape index (κ3) is 2.64. The van der Waals surface area contributed by atoms with E-state index in [4.69, 9.17) is 10.2 Å². The van der Waals surface area contributed by atoms with Gasteiger partial charge < -0.3 is 15.1 Å². The van der Waals surface area contributed by atoms with E-state index in [0.717, 1.165) is 0 Å². The van der Waals surface area contributed by atoms with Crippen LogP contribution in [-0.4, -0.2) is 46.1 Å².